The predicted octanol–water partition coefficient (Wildman–Crippen LogP) is 1.84. The molecule has 0 N–H and O–H groups in total. The molecular weight excluding hydrogens is 267 g/mol. The van der Waals surface area contributed by atoms with Gasteiger partial charge in [-0.05, 0) is 39.3 Å². The molecular formula is C14H19BN4O2. The van der Waals surface area contributed by atoms with Crippen LogP contribution in [-0.4, -0.2) is 38.1 Å². The maximum absolute atomic E-state index is 5.99. The highest BCUT2D eigenvalue weighted by Gasteiger charge is 2.50. The van der Waals surface area contributed by atoms with E-state index in [0.717, 1.165) is 11.4 Å². The first-order valence-corrected chi connectivity index (χ1v) is 7.03. The van der Waals surface area contributed by atoms with Gasteiger partial charge >= 0.3 is 7.12 Å². The predicted molar refractivity (Wildman–Crippen MR) is 78.9 cm³/mol. The van der Waals surface area contributed by atoms with Gasteiger partial charge in [0.1, 0.15) is 12.7 Å². The molecule has 1 saturated heterocycles. The number of hydrogen-bond donors (Lipinski definition) is 0. The van der Waals surface area contributed by atoms with Gasteiger partial charge in [-0.3, -0.25) is 0 Å². The quantitative estimate of drug-likeness (QED) is 0.806. The number of pyridine rings is 1. The first-order valence-electron chi connectivity index (χ1n) is 7.03. The first-order chi connectivity index (χ1) is 9.87. The van der Waals surface area contributed by atoms with Crippen molar-refractivity contribution >= 4 is 7.12 Å². The molecule has 3 rings (SSSR count). The van der Waals surface area contributed by atoms with Gasteiger partial charge in [0.2, 0.25) is 0 Å². The summed E-state index contributed by atoms with van der Waals surface area (Å²) in [5.41, 5.74) is 0.467. The van der Waals surface area contributed by atoms with E-state index in [1.165, 1.54) is 6.33 Å². The zero-order valence-corrected chi connectivity index (χ0v) is 12.8. The number of hydrogen-bond acceptors (Lipinski definition) is 5. The van der Waals surface area contributed by atoms with Crippen LogP contribution in [0.15, 0.2) is 31.0 Å². The fourth-order valence-electron chi connectivity index (χ4n) is 2.24. The van der Waals surface area contributed by atoms with E-state index in [2.05, 4.69) is 42.8 Å². The number of aromatic nitrogens is 4. The minimum absolute atomic E-state index is 0.242. The lowest BCUT2D eigenvalue weighted by molar-refractivity contribution is 0.00578. The second-order valence-electron chi connectivity index (χ2n) is 6.25. The smallest absolute Gasteiger partial charge is 0.403 e. The van der Waals surface area contributed by atoms with Crippen LogP contribution in [0, 0.1) is 0 Å². The molecule has 0 aliphatic carbocycles. The van der Waals surface area contributed by atoms with Crippen molar-refractivity contribution in [3.05, 3.63) is 36.5 Å². The second kappa shape index (κ2) is 4.93. The van der Waals surface area contributed by atoms with E-state index in [4.69, 9.17) is 9.31 Å². The molecule has 0 atom stereocenters. The minimum atomic E-state index is -0.300. The largest absolute Gasteiger partial charge is 0.462 e. The van der Waals surface area contributed by atoms with Crippen molar-refractivity contribution < 1.29 is 9.31 Å². The molecule has 0 radical (unpaired) electrons. The highest BCUT2D eigenvalue weighted by molar-refractivity contribution is 6.45. The Morgan fingerprint density at radius 3 is 2.38 bits per heavy atom. The molecule has 110 valence electrons. The van der Waals surface area contributed by atoms with Gasteiger partial charge in [0.25, 0.3) is 0 Å². The molecule has 0 unspecified atom stereocenters. The van der Waals surface area contributed by atoms with Crippen LogP contribution in [0.25, 0.3) is 5.82 Å². The zero-order valence-electron chi connectivity index (χ0n) is 12.8. The second-order valence-corrected chi connectivity index (χ2v) is 6.25. The lowest BCUT2D eigenvalue weighted by Crippen LogP contribution is -2.41. The fourth-order valence-corrected chi connectivity index (χ4v) is 2.24. The Morgan fingerprint density at radius 1 is 1.14 bits per heavy atom. The van der Waals surface area contributed by atoms with Crippen LogP contribution in [0.4, 0.5) is 0 Å². The van der Waals surface area contributed by atoms with Gasteiger partial charge in [-0.2, -0.15) is 5.10 Å². The summed E-state index contributed by atoms with van der Waals surface area (Å²) in [7, 11) is -0.242. The fraction of sp³-hybridized carbons (Fsp3) is 0.500. The SMILES string of the molecule is CC1(C)OB(Cc2ccc(-n3cncn3)nc2)OC1(C)C. The van der Waals surface area contributed by atoms with E-state index >= 15 is 0 Å². The monoisotopic (exact) mass is 286 g/mol. The van der Waals surface area contributed by atoms with E-state index < -0.39 is 0 Å². The average molecular weight is 286 g/mol. The topological polar surface area (TPSA) is 62.1 Å². The van der Waals surface area contributed by atoms with Crippen LogP contribution in [0.5, 0.6) is 0 Å². The van der Waals surface area contributed by atoms with Gasteiger partial charge in [-0.1, -0.05) is 6.07 Å². The molecule has 0 aromatic carbocycles. The van der Waals surface area contributed by atoms with Crippen LogP contribution < -0.4 is 0 Å². The molecule has 0 saturated carbocycles. The normalized spacial score (nSPS) is 19.9. The molecule has 2 aromatic heterocycles. The van der Waals surface area contributed by atoms with Crippen molar-refractivity contribution in [2.45, 2.75) is 45.2 Å². The lowest BCUT2D eigenvalue weighted by Gasteiger charge is -2.32. The highest BCUT2D eigenvalue weighted by atomic mass is 16.7. The maximum atomic E-state index is 5.99. The lowest BCUT2D eigenvalue weighted by atomic mass is 9.81. The van der Waals surface area contributed by atoms with Crippen LogP contribution in [-0.2, 0) is 15.6 Å². The standard InChI is InChI=1S/C14H19BN4O2/c1-13(2)14(3,4)21-15(20-13)7-11-5-6-12(17-8-11)19-10-16-9-18-19/h5-6,8-10H,7H2,1-4H3. The summed E-state index contributed by atoms with van der Waals surface area (Å²) in [5, 5.41) is 4.05. The van der Waals surface area contributed by atoms with Gasteiger partial charge in [-0.15, -0.1) is 0 Å². The molecule has 0 spiro atoms. The summed E-state index contributed by atoms with van der Waals surface area (Å²) < 4.78 is 13.6. The van der Waals surface area contributed by atoms with Crippen LogP contribution >= 0.6 is 0 Å². The Kier molecular flexibility index (Phi) is 3.34. The van der Waals surface area contributed by atoms with Crippen molar-refractivity contribution in [2.75, 3.05) is 0 Å². The Hall–Kier alpha value is -1.73. The Bertz CT molecular complexity index is 594. The molecule has 1 aliphatic heterocycles. The summed E-state index contributed by atoms with van der Waals surface area (Å²) in [6, 6.07) is 3.92. The summed E-state index contributed by atoms with van der Waals surface area (Å²) in [5.74, 6) is 0.741. The first kappa shape index (κ1) is 14.2. The maximum Gasteiger partial charge on any atom is 0.462 e. The Morgan fingerprint density at radius 2 is 1.86 bits per heavy atom. The highest BCUT2D eigenvalue weighted by Crippen LogP contribution is 2.37. The Labute approximate surface area is 124 Å². The minimum Gasteiger partial charge on any atom is -0.403 e. The van der Waals surface area contributed by atoms with E-state index in [1.54, 1.807) is 11.0 Å². The third-order valence-corrected chi connectivity index (χ3v) is 4.17. The van der Waals surface area contributed by atoms with Crippen molar-refractivity contribution in [3.63, 3.8) is 0 Å². The van der Waals surface area contributed by atoms with Gasteiger partial charge in [0.05, 0.1) is 11.2 Å². The molecule has 1 aliphatic rings. The van der Waals surface area contributed by atoms with E-state index in [-0.39, 0.29) is 18.3 Å². The summed E-state index contributed by atoms with van der Waals surface area (Å²) >= 11 is 0. The van der Waals surface area contributed by atoms with Gasteiger partial charge < -0.3 is 9.31 Å². The molecule has 6 nitrogen and oxygen atoms in total. The van der Waals surface area contributed by atoms with Gasteiger partial charge in [-0.25, -0.2) is 14.6 Å². The molecule has 0 amide bonds. The van der Waals surface area contributed by atoms with Crippen molar-refractivity contribution in [3.8, 4) is 5.82 Å². The molecule has 2 aromatic rings. The molecule has 21 heavy (non-hydrogen) atoms. The van der Waals surface area contributed by atoms with E-state index in [1.807, 2.05) is 18.3 Å². The van der Waals surface area contributed by atoms with Crippen molar-refractivity contribution in [2.24, 2.45) is 0 Å². The zero-order chi connectivity index (χ0) is 15.1. The molecule has 1 fully saturated rings. The molecule has 0 bridgehead atoms. The van der Waals surface area contributed by atoms with Crippen LogP contribution in [0.3, 0.4) is 0 Å². The van der Waals surface area contributed by atoms with Crippen molar-refractivity contribution in [1.82, 2.24) is 19.7 Å². The van der Waals surface area contributed by atoms with Crippen molar-refractivity contribution in [1.29, 1.82) is 0 Å². The third kappa shape index (κ3) is 2.71. The van der Waals surface area contributed by atoms with Gasteiger partial charge in [0.15, 0.2) is 5.82 Å². The number of rotatable bonds is 3. The average Bonchev–Trinajstić information content (AvgIpc) is 2.98. The Balaban J connectivity index is 1.70. The van der Waals surface area contributed by atoms with E-state index in [9.17, 15) is 0 Å². The summed E-state index contributed by atoms with van der Waals surface area (Å²) in [6.07, 6.45) is 5.61. The summed E-state index contributed by atoms with van der Waals surface area (Å²) in [6.45, 7) is 8.22. The third-order valence-electron chi connectivity index (χ3n) is 4.17. The summed E-state index contributed by atoms with van der Waals surface area (Å²) in [4.78, 5) is 8.29. The molecule has 3 heterocycles. The molecule has 7 heteroatoms. The van der Waals surface area contributed by atoms with E-state index in [0.29, 0.717) is 6.32 Å². The van der Waals surface area contributed by atoms with Crippen LogP contribution in [0.1, 0.15) is 33.3 Å². The van der Waals surface area contributed by atoms with Crippen LogP contribution in [0.2, 0.25) is 0 Å². The number of nitrogens with zero attached hydrogens (tertiary/aromatic N) is 4. The van der Waals surface area contributed by atoms with Gasteiger partial charge in [0, 0.05) is 12.5 Å².